The first-order valence-electron chi connectivity index (χ1n) is 7.05. The Morgan fingerprint density at radius 1 is 1.19 bits per heavy atom. The first-order chi connectivity index (χ1) is 12.1. The molecule has 2 aromatic rings. The number of phenolic OH excluding ortho intramolecular Hbond substituents is 1. The standard InChI is InChI=1S/C16H12Cl2F3N3OS/c1-8(12-6-10(17)7-13(18)14(12)25)23-24-15(26)22-11-4-2-3-9(5-11)16(19,20)21/h2-7,25H,1H3,(H2,22,24,26)/b23-8-. The third kappa shape index (κ3) is 5.23. The number of hydrazone groups is 1. The van der Waals surface area contributed by atoms with Gasteiger partial charge in [-0.15, -0.1) is 0 Å². The highest BCUT2D eigenvalue weighted by Gasteiger charge is 2.30. The predicted octanol–water partition coefficient (Wildman–Crippen LogP) is 5.43. The van der Waals surface area contributed by atoms with Crippen LogP contribution in [0.25, 0.3) is 0 Å². The van der Waals surface area contributed by atoms with E-state index in [0.717, 1.165) is 12.1 Å². The van der Waals surface area contributed by atoms with E-state index in [1.807, 2.05) is 0 Å². The van der Waals surface area contributed by atoms with Crippen molar-refractivity contribution in [3.05, 3.63) is 57.6 Å². The van der Waals surface area contributed by atoms with Crippen molar-refractivity contribution in [3.63, 3.8) is 0 Å². The number of nitrogens with zero attached hydrogens (tertiary/aromatic N) is 1. The number of hydrogen-bond donors (Lipinski definition) is 3. The molecule has 0 aromatic heterocycles. The van der Waals surface area contributed by atoms with Crippen molar-refractivity contribution >= 4 is 51.9 Å². The molecule has 0 spiro atoms. The van der Waals surface area contributed by atoms with E-state index in [2.05, 4.69) is 15.8 Å². The van der Waals surface area contributed by atoms with E-state index in [1.165, 1.54) is 24.3 Å². The zero-order chi connectivity index (χ0) is 19.5. The van der Waals surface area contributed by atoms with Gasteiger partial charge in [-0.1, -0.05) is 29.3 Å². The lowest BCUT2D eigenvalue weighted by molar-refractivity contribution is -0.137. The lowest BCUT2D eigenvalue weighted by atomic mass is 10.1. The van der Waals surface area contributed by atoms with Crippen molar-refractivity contribution < 1.29 is 18.3 Å². The molecule has 0 aliphatic carbocycles. The Bertz CT molecular complexity index is 872. The zero-order valence-corrected chi connectivity index (χ0v) is 15.5. The Morgan fingerprint density at radius 2 is 1.88 bits per heavy atom. The normalized spacial score (nSPS) is 12.0. The van der Waals surface area contributed by atoms with Gasteiger partial charge >= 0.3 is 6.18 Å². The minimum atomic E-state index is -4.45. The summed E-state index contributed by atoms with van der Waals surface area (Å²) in [5, 5.41) is 16.8. The predicted molar refractivity (Wildman–Crippen MR) is 101 cm³/mol. The molecule has 2 rings (SSSR count). The molecule has 10 heteroatoms. The maximum absolute atomic E-state index is 12.7. The minimum absolute atomic E-state index is 0.0312. The van der Waals surface area contributed by atoms with E-state index in [4.69, 9.17) is 35.4 Å². The highest BCUT2D eigenvalue weighted by Crippen LogP contribution is 2.32. The van der Waals surface area contributed by atoms with Crippen LogP contribution in [0.15, 0.2) is 41.5 Å². The van der Waals surface area contributed by atoms with Crippen LogP contribution in [-0.4, -0.2) is 15.9 Å². The number of aromatic hydroxyl groups is 1. The van der Waals surface area contributed by atoms with Gasteiger partial charge in [0.1, 0.15) is 5.75 Å². The molecule has 0 fully saturated rings. The summed E-state index contributed by atoms with van der Waals surface area (Å²) in [5.41, 5.74) is 2.44. The largest absolute Gasteiger partial charge is 0.506 e. The molecule has 0 aliphatic rings. The summed E-state index contributed by atoms with van der Waals surface area (Å²) in [7, 11) is 0. The van der Waals surface area contributed by atoms with Crippen LogP contribution in [-0.2, 0) is 6.18 Å². The van der Waals surface area contributed by atoms with E-state index in [1.54, 1.807) is 6.92 Å². The molecule has 0 bridgehead atoms. The van der Waals surface area contributed by atoms with Gasteiger partial charge in [-0.25, -0.2) is 0 Å². The summed E-state index contributed by atoms with van der Waals surface area (Å²) in [6.45, 7) is 1.57. The number of halogens is 5. The smallest absolute Gasteiger partial charge is 0.416 e. The first-order valence-corrected chi connectivity index (χ1v) is 8.21. The lowest BCUT2D eigenvalue weighted by Gasteiger charge is -2.11. The third-order valence-corrected chi connectivity index (χ3v) is 3.89. The lowest BCUT2D eigenvalue weighted by Crippen LogP contribution is -2.25. The van der Waals surface area contributed by atoms with Crippen molar-refractivity contribution in [2.75, 3.05) is 5.32 Å². The summed E-state index contributed by atoms with van der Waals surface area (Å²) in [4.78, 5) is 0. The maximum Gasteiger partial charge on any atom is 0.416 e. The van der Waals surface area contributed by atoms with Crippen molar-refractivity contribution in [2.45, 2.75) is 13.1 Å². The van der Waals surface area contributed by atoms with Gasteiger partial charge in [-0.2, -0.15) is 18.3 Å². The molecule has 3 N–H and O–H groups in total. The minimum Gasteiger partial charge on any atom is -0.506 e. The molecule has 0 heterocycles. The van der Waals surface area contributed by atoms with Crippen LogP contribution in [0.4, 0.5) is 18.9 Å². The fourth-order valence-electron chi connectivity index (χ4n) is 1.97. The molecule has 0 amide bonds. The number of benzene rings is 2. The maximum atomic E-state index is 12.7. The zero-order valence-electron chi connectivity index (χ0n) is 13.2. The summed E-state index contributed by atoms with van der Waals surface area (Å²) < 4.78 is 38.1. The van der Waals surface area contributed by atoms with Crippen molar-refractivity contribution in [3.8, 4) is 5.75 Å². The third-order valence-electron chi connectivity index (χ3n) is 3.19. The second kappa shape index (κ2) is 8.11. The van der Waals surface area contributed by atoms with Crippen LogP contribution in [0.2, 0.25) is 10.0 Å². The number of phenols is 1. The molecule has 138 valence electrons. The van der Waals surface area contributed by atoms with Crippen LogP contribution in [0, 0.1) is 0 Å². The van der Waals surface area contributed by atoms with Gasteiger partial charge in [0.15, 0.2) is 5.11 Å². The molecule has 0 radical (unpaired) electrons. The monoisotopic (exact) mass is 421 g/mol. The van der Waals surface area contributed by atoms with Gasteiger partial charge in [0.2, 0.25) is 0 Å². The Labute approximate surface area is 162 Å². The number of anilines is 1. The summed E-state index contributed by atoms with van der Waals surface area (Å²) >= 11 is 16.7. The topological polar surface area (TPSA) is 56.7 Å². The summed E-state index contributed by atoms with van der Waals surface area (Å²) in [5.74, 6) is -0.198. The molecule has 4 nitrogen and oxygen atoms in total. The van der Waals surface area contributed by atoms with E-state index >= 15 is 0 Å². The second-order valence-corrected chi connectivity index (χ2v) is 6.38. The molecule has 0 unspecified atom stereocenters. The van der Waals surface area contributed by atoms with E-state index in [9.17, 15) is 18.3 Å². The molecule has 0 saturated heterocycles. The highest BCUT2D eigenvalue weighted by atomic mass is 35.5. The van der Waals surface area contributed by atoms with Crippen molar-refractivity contribution in [2.24, 2.45) is 5.10 Å². The molecule has 0 aliphatic heterocycles. The molecule has 0 saturated carbocycles. The Hall–Kier alpha value is -2.03. The molecular formula is C16H12Cl2F3N3OS. The number of hydrogen-bond acceptors (Lipinski definition) is 3. The van der Waals surface area contributed by atoms with Gasteiger partial charge in [0.05, 0.1) is 16.3 Å². The van der Waals surface area contributed by atoms with Crippen molar-refractivity contribution in [1.29, 1.82) is 0 Å². The average molecular weight is 422 g/mol. The molecular weight excluding hydrogens is 410 g/mol. The number of alkyl halides is 3. The Balaban J connectivity index is 2.10. The average Bonchev–Trinajstić information content (AvgIpc) is 2.55. The second-order valence-electron chi connectivity index (χ2n) is 5.13. The van der Waals surface area contributed by atoms with Crippen LogP contribution < -0.4 is 10.7 Å². The number of thiocarbonyl (C=S) groups is 1. The van der Waals surface area contributed by atoms with Gasteiger partial charge in [-0.05, 0) is 49.5 Å². The first kappa shape index (κ1) is 20.3. The van der Waals surface area contributed by atoms with Gasteiger partial charge < -0.3 is 10.4 Å². The molecule has 2 aromatic carbocycles. The fraction of sp³-hybridized carbons (Fsp3) is 0.125. The highest BCUT2D eigenvalue weighted by molar-refractivity contribution is 7.80. The van der Waals surface area contributed by atoms with Crippen LogP contribution in [0.3, 0.4) is 0 Å². The molecule has 26 heavy (non-hydrogen) atoms. The number of rotatable bonds is 3. The quantitative estimate of drug-likeness (QED) is 0.351. The van der Waals surface area contributed by atoms with E-state index < -0.39 is 11.7 Å². The van der Waals surface area contributed by atoms with Crippen molar-refractivity contribution in [1.82, 2.24) is 5.43 Å². The fourth-order valence-corrected chi connectivity index (χ4v) is 2.63. The SMILES string of the molecule is C/C(=N/NC(=S)Nc1cccc(C(F)(F)F)c1)c1cc(Cl)cc(Cl)c1O. The van der Waals surface area contributed by atoms with Gasteiger partial charge in [-0.3, -0.25) is 5.43 Å². The van der Waals surface area contributed by atoms with Crippen LogP contribution in [0.1, 0.15) is 18.1 Å². The number of nitrogens with one attached hydrogen (secondary N) is 2. The Kier molecular flexibility index (Phi) is 6.33. The Morgan fingerprint density at radius 3 is 2.54 bits per heavy atom. The van der Waals surface area contributed by atoms with E-state index in [-0.39, 0.29) is 27.1 Å². The van der Waals surface area contributed by atoms with E-state index in [0.29, 0.717) is 10.7 Å². The van der Waals surface area contributed by atoms with Gasteiger partial charge in [0.25, 0.3) is 0 Å². The van der Waals surface area contributed by atoms with Gasteiger partial charge in [0, 0.05) is 16.3 Å². The summed E-state index contributed by atoms with van der Waals surface area (Å²) in [6.07, 6.45) is -4.45. The van der Waals surface area contributed by atoms with Crippen LogP contribution >= 0.6 is 35.4 Å². The molecule has 0 atom stereocenters. The summed E-state index contributed by atoms with van der Waals surface area (Å²) in [6, 6.07) is 7.41. The van der Waals surface area contributed by atoms with Crippen LogP contribution in [0.5, 0.6) is 5.75 Å².